The summed E-state index contributed by atoms with van der Waals surface area (Å²) in [5, 5.41) is 2.86. The molecule has 6 heteroatoms. The molecule has 5 nitrogen and oxygen atoms in total. The van der Waals surface area contributed by atoms with Crippen LogP contribution in [0.25, 0.3) is 11.3 Å². The van der Waals surface area contributed by atoms with Crippen molar-refractivity contribution in [1.29, 1.82) is 0 Å². The molecule has 150 valence electrons. The summed E-state index contributed by atoms with van der Waals surface area (Å²) < 4.78 is 0.958. The average Bonchev–Trinajstić information content (AvgIpc) is 3.18. The number of likely N-dealkylation sites (N-methyl/N-ethyl adjacent to an activating group) is 1. The zero-order valence-electron chi connectivity index (χ0n) is 16.5. The number of hydrogen-bond acceptors (Lipinski definition) is 2. The fourth-order valence-electron chi connectivity index (χ4n) is 3.07. The van der Waals surface area contributed by atoms with Crippen LogP contribution < -0.4 is 5.32 Å². The Kier molecular flexibility index (Phi) is 6.88. The van der Waals surface area contributed by atoms with Crippen LogP contribution in [0.4, 0.5) is 5.69 Å². The van der Waals surface area contributed by atoms with E-state index in [1.54, 1.807) is 7.05 Å². The largest absolute Gasteiger partial charge is 0.358 e. The van der Waals surface area contributed by atoms with E-state index in [4.69, 9.17) is 0 Å². The summed E-state index contributed by atoms with van der Waals surface area (Å²) in [5.41, 5.74) is 4.86. The first-order valence-electron chi connectivity index (χ1n) is 9.45. The van der Waals surface area contributed by atoms with Gasteiger partial charge in [0.05, 0.1) is 6.54 Å². The van der Waals surface area contributed by atoms with Crippen molar-refractivity contribution in [2.75, 3.05) is 18.9 Å². The van der Waals surface area contributed by atoms with Gasteiger partial charge in [0.25, 0.3) is 0 Å². The highest BCUT2D eigenvalue weighted by Crippen LogP contribution is 2.20. The predicted octanol–water partition coefficient (Wildman–Crippen LogP) is 4.78. The van der Waals surface area contributed by atoms with Crippen molar-refractivity contribution in [3.8, 4) is 11.3 Å². The van der Waals surface area contributed by atoms with Crippen LogP contribution in [0.5, 0.6) is 0 Å². The lowest BCUT2D eigenvalue weighted by molar-refractivity contribution is -0.133. The van der Waals surface area contributed by atoms with E-state index in [0.717, 1.165) is 32.7 Å². The second kappa shape index (κ2) is 9.56. The minimum atomic E-state index is -0.211. The summed E-state index contributed by atoms with van der Waals surface area (Å²) in [7, 11) is 1.65. The minimum absolute atomic E-state index is 0.0222. The lowest BCUT2D eigenvalue weighted by atomic mass is 10.2. The van der Waals surface area contributed by atoms with Crippen LogP contribution in [0.15, 0.2) is 65.1 Å². The fraction of sp³-hybridized carbons (Fsp3) is 0.217. The lowest BCUT2D eigenvalue weighted by Gasteiger charge is -2.17. The molecule has 2 amide bonds. The van der Waals surface area contributed by atoms with E-state index in [1.165, 1.54) is 4.90 Å². The first-order valence-corrected chi connectivity index (χ1v) is 10.2. The Labute approximate surface area is 179 Å². The monoisotopic (exact) mass is 453 g/mol. The van der Waals surface area contributed by atoms with E-state index in [1.807, 2.05) is 67.6 Å². The van der Waals surface area contributed by atoms with Crippen molar-refractivity contribution < 1.29 is 9.59 Å². The maximum Gasteiger partial charge on any atom is 0.243 e. The van der Waals surface area contributed by atoms with Gasteiger partial charge >= 0.3 is 0 Å². The molecule has 0 fully saturated rings. The topological polar surface area (TPSA) is 65.2 Å². The van der Waals surface area contributed by atoms with Crippen LogP contribution >= 0.6 is 15.9 Å². The Hall–Kier alpha value is -2.86. The molecule has 0 unspecified atom stereocenters. The van der Waals surface area contributed by atoms with Gasteiger partial charge in [-0.15, -0.1) is 0 Å². The molecule has 0 bridgehead atoms. The van der Waals surface area contributed by atoms with Crippen LogP contribution in [0, 0.1) is 6.92 Å². The van der Waals surface area contributed by atoms with Gasteiger partial charge < -0.3 is 15.2 Å². The molecule has 0 radical (unpaired) electrons. The summed E-state index contributed by atoms with van der Waals surface area (Å²) in [4.78, 5) is 29.5. The Bertz CT molecular complexity index is 998. The lowest BCUT2D eigenvalue weighted by Crippen LogP contribution is -2.35. The van der Waals surface area contributed by atoms with Crippen molar-refractivity contribution in [3.05, 3.63) is 76.4 Å². The number of nitrogens with zero attached hydrogens (tertiary/aromatic N) is 1. The van der Waals surface area contributed by atoms with Gasteiger partial charge in [-0.2, -0.15) is 0 Å². The first kappa shape index (κ1) is 20.9. The van der Waals surface area contributed by atoms with Gasteiger partial charge in [0.2, 0.25) is 11.8 Å². The van der Waals surface area contributed by atoms with Crippen LogP contribution in [0.2, 0.25) is 0 Å². The second-order valence-corrected chi connectivity index (χ2v) is 7.94. The number of carbonyl (C=O) groups is 2. The quantitative estimate of drug-likeness (QED) is 0.540. The molecule has 1 heterocycles. The number of nitrogens with one attached hydrogen (secondary N) is 2. The van der Waals surface area contributed by atoms with Crippen LogP contribution in [0.1, 0.15) is 17.7 Å². The number of aryl methyl sites for hydroxylation is 2. The fourth-order valence-corrected chi connectivity index (χ4v) is 3.54. The van der Waals surface area contributed by atoms with Crippen LogP contribution in [0.3, 0.4) is 0 Å². The maximum atomic E-state index is 12.4. The van der Waals surface area contributed by atoms with E-state index in [2.05, 4.69) is 26.2 Å². The van der Waals surface area contributed by atoms with Crippen molar-refractivity contribution in [1.82, 2.24) is 9.88 Å². The molecule has 29 heavy (non-hydrogen) atoms. The summed E-state index contributed by atoms with van der Waals surface area (Å²) in [5.74, 6) is -0.277. The molecule has 0 aliphatic rings. The van der Waals surface area contributed by atoms with E-state index in [9.17, 15) is 9.59 Å². The van der Waals surface area contributed by atoms with Gasteiger partial charge in [-0.05, 0) is 54.8 Å². The number of benzene rings is 2. The molecular weight excluding hydrogens is 430 g/mol. The highest BCUT2D eigenvalue weighted by molar-refractivity contribution is 9.10. The molecule has 0 aliphatic heterocycles. The molecule has 0 atom stereocenters. The number of halogens is 1. The van der Waals surface area contributed by atoms with E-state index in [0.29, 0.717) is 12.8 Å². The van der Waals surface area contributed by atoms with Gasteiger partial charge in [-0.3, -0.25) is 9.59 Å². The SMILES string of the molecule is Cc1cc(Br)ccc1NC(=O)CN(C)C(=O)CCc1ccc(-c2ccccc2)[nH]1. The standard InChI is InChI=1S/C23H24BrN3O2/c1-16-14-18(24)8-11-20(16)26-22(28)15-27(2)23(29)13-10-19-9-12-21(25-19)17-6-4-3-5-7-17/h3-9,11-12,14,25H,10,13,15H2,1-2H3,(H,26,28). The third kappa shape index (κ3) is 5.81. The number of aromatic amines is 1. The number of anilines is 1. The summed E-state index contributed by atoms with van der Waals surface area (Å²) in [6.07, 6.45) is 0.944. The molecule has 1 aromatic heterocycles. The number of H-pyrrole nitrogens is 1. The Balaban J connectivity index is 1.49. The summed E-state index contributed by atoms with van der Waals surface area (Å²) >= 11 is 3.40. The molecule has 2 aromatic carbocycles. The van der Waals surface area contributed by atoms with Gasteiger partial charge in [0.15, 0.2) is 0 Å². The average molecular weight is 454 g/mol. The molecule has 0 spiro atoms. The van der Waals surface area contributed by atoms with Gasteiger partial charge in [-0.1, -0.05) is 46.3 Å². The molecule has 0 saturated heterocycles. The highest BCUT2D eigenvalue weighted by Gasteiger charge is 2.14. The Morgan fingerprint density at radius 1 is 1.07 bits per heavy atom. The normalized spacial score (nSPS) is 10.6. The molecular formula is C23H24BrN3O2. The molecule has 3 aromatic rings. The van der Waals surface area contributed by atoms with Gasteiger partial charge in [0, 0.05) is 35.0 Å². The first-order chi connectivity index (χ1) is 13.9. The van der Waals surface area contributed by atoms with Crippen LogP contribution in [-0.4, -0.2) is 35.3 Å². The third-order valence-corrected chi connectivity index (χ3v) is 5.20. The zero-order chi connectivity index (χ0) is 20.8. The summed E-state index contributed by atoms with van der Waals surface area (Å²) in [6, 6.07) is 19.7. The minimum Gasteiger partial charge on any atom is -0.358 e. The van der Waals surface area contributed by atoms with Gasteiger partial charge in [-0.25, -0.2) is 0 Å². The zero-order valence-corrected chi connectivity index (χ0v) is 18.1. The number of hydrogen-bond donors (Lipinski definition) is 2. The van der Waals surface area contributed by atoms with Crippen molar-refractivity contribution in [2.45, 2.75) is 19.8 Å². The number of carbonyl (C=O) groups excluding carboxylic acids is 2. The molecule has 0 aliphatic carbocycles. The van der Waals surface area contributed by atoms with E-state index in [-0.39, 0.29) is 18.4 Å². The number of rotatable bonds is 7. The maximum absolute atomic E-state index is 12.4. The highest BCUT2D eigenvalue weighted by atomic mass is 79.9. The molecule has 2 N–H and O–H groups in total. The Morgan fingerprint density at radius 2 is 1.83 bits per heavy atom. The van der Waals surface area contributed by atoms with Gasteiger partial charge in [0.1, 0.15) is 0 Å². The summed E-state index contributed by atoms with van der Waals surface area (Å²) in [6.45, 7) is 1.95. The van der Waals surface area contributed by atoms with Crippen molar-refractivity contribution in [2.24, 2.45) is 0 Å². The van der Waals surface area contributed by atoms with Crippen LogP contribution in [-0.2, 0) is 16.0 Å². The smallest absolute Gasteiger partial charge is 0.243 e. The van der Waals surface area contributed by atoms with Crippen molar-refractivity contribution >= 4 is 33.4 Å². The number of aromatic nitrogens is 1. The Morgan fingerprint density at radius 3 is 2.55 bits per heavy atom. The van der Waals surface area contributed by atoms with E-state index >= 15 is 0 Å². The number of amides is 2. The third-order valence-electron chi connectivity index (χ3n) is 4.71. The second-order valence-electron chi connectivity index (χ2n) is 7.02. The predicted molar refractivity (Wildman–Crippen MR) is 120 cm³/mol. The molecule has 0 saturated carbocycles. The molecule has 3 rings (SSSR count). The van der Waals surface area contributed by atoms with Crippen molar-refractivity contribution in [3.63, 3.8) is 0 Å². The van der Waals surface area contributed by atoms with E-state index < -0.39 is 0 Å².